The SMILES string of the molecule is Cc1oc(-c2ccccc2)nc1Cn1ccn(-c2ccc(Cl)cc2)c(=O)c1=O. The van der Waals surface area contributed by atoms with Crippen LogP contribution in [0.25, 0.3) is 17.1 Å². The molecule has 0 bridgehead atoms. The first-order chi connectivity index (χ1) is 13.5. The molecule has 4 aromatic rings. The van der Waals surface area contributed by atoms with Crippen LogP contribution in [-0.2, 0) is 6.54 Å². The monoisotopic (exact) mass is 393 g/mol. The molecule has 0 aliphatic rings. The van der Waals surface area contributed by atoms with Crippen LogP contribution >= 0.6 is 11.6 Å². The first-order valence-electron chi connectivity index (χ1n) is 8.63. The fraction of sp³-hybridized carbons (Fsp3) is 0.0952. The van der Waals surface area contributed by atoms with E-state index in [2.05, 4.69) is 4.98 Å². The first-order valence-corrected chi connectivity index (χ1v) is 9.00. The van der Waals surface area contributed by atoms with Crippen LogP contribution in [0.2, 0.25) is 5.02 Å². The predicted octanol–water partition coefficient (Wildman–Crippen LogP) is 3.66. The van der Waals surface area contributed by atoms with Crippen molar-refractivity contribution in [3.63, 3.8) is 0 Å². The van der Waals surface area contributed by atoms with Gasteiger partial charge in [-0.25, -0.2) is 4.98 Å². The van der Waals surface area contributed by atoms with E-state index in [9.17, 15) is 9.59 Å². The summed E-state index contributed by atoms with van der Waals surface area (Å²) in [7, 11) is 0. The third-order valence-corrected chi connectivity index (χ3v) is 4.65. The van der Waals surface area contributed by atoms with Crippen molar-refractivity contribution < 1.29 is 4.42 Å². The van der Waals surface area contributed by atoms with Gasteiger partial charge in [-0.15, -0.1) is 0 Å². The average molecular weight is 394 g/mol. The highest BCUT2D eigenvalue weighted by Crippen LogP contribution is 2.21. The van der Waals surface area contributed by atoms with Crippen molar-refractivity contribution in [3.05, 3.63) is 104 Å². The lowest BCUT2D eigenvalue weighted by atomic mass is 10.2. The van der Waals surface area contributed by atoms with Gasteiger partial charge in [0.05, 0.1) is 6.54 Å². The number of hydrogen-bond acceptors (Lipinski definition) is 4. The van der Waals surface area contributed by atoms with Gasteiger partial charge in [-0.1, -0.05) is 29.8 Å². The van der Waals surface area contributed by atoms with E-state index >= 15 is 0 Å². The second-order valence-corrected chi connectivity index (χ2v) is 6.71. The summed E-state index contributed by atoms with van der Waals surface area (Å²) in [5.41, 5.74) is 0.741. The summed E-state index contributed by atoms with van der Waals surface area (Å²) >= 11 is 5.88. The molecule has 28 heavy (non-hydrogen) atoms. The second kappa shape index (κ2) is 7.32. The van der Waals surface area contributed by atoms with E-state index in [1.165, 1.54) is 9.13 Å². The van der Waals surface area contributed by atoms with Crippen LogP contribution in [0.3, 0.4) is 0 Å². The molecule has 0 aliphatic heterocycles. The van der Waals surface area contributed by atoms with E-state index in [1.54, 1.807) is 43.6 Å². The Kier molecular flexibility index (Phi) is 4.71. The van der Waals surface area contributed by atoms with Crippen LogP contribution in [0.4, 0.5) is 0 Å². The molecule has 2 heterocycles. The minimum Gasteiger partial charge on any atom is -0.441 e. The van der Waals surface area contributed by atoms with Crippen LogP contribution < -0.4 is 11.1 Å². The maximum Gasteiger partial charge on any atom is 0.320 e. The summed E-state index contributed by atoms with van der Waals surface area (Å²) in [4.78, 5) is 29.6. The maximum absolute atomic E-state index is 12.6. The number of aryl methyl sites for hydroxylation is 1. The Bertz CT molecular complexity index is 1240. The van der Waals surface area contributed by atoms with Crippen molar-refractivity contribution in [2.24, 2.45) is 0 Å². The molecule has 4 rings (SSSR count). The quantitative estimate of drug-likeness (QED) is 0.496. The van der Waals surface area contributed by atoms with Gasteiger partial charge in [0.15, 0.2) is 0 Å². The lowest BCUT2D eigenvalue weighted by molar-refractivity contribution is 0.537. The van der Waals surface area contributed by atoms with Gasteiger partial charge >= 0.3 is 11.1 Å². The molecule has 0 fully saturated rings. The Labute approximate surface area is 165 Å². The molecule has 2 aromatic carbocycles. The van der Waals surface area contributed by atoms with Gasteiger partial charge in [0.25, 0.3) is 0 Å². The lowest BCUT2D eigenvalue weighted by Crippen LogP contribution is -2.40. The zero-order valence-electron chi connectivity index (χ0n) is 15.0. The third kappa shape index (κ3) is 3.42. The molecule has 2 aromatic heterocycles. The van der Waals surface area contributed by atoms with Gasteiger partial charge in [0.2, 0.25) is 5.89 Å². The molecule has 0 aliphatic carbocycles. The number of aromatic nitrogens is 3. The van der Waals surface area contributed by atoms with Crippen molar-refractivity contribution in [3.8, 4) is 17.1 Å². The molecule has 0 saturated carbocycles. The number of hydrogen-bond donors (Lipinski definition) is 0. The molecule has 0 atom stereocenters. The maximum atomic E-state index is 12.6. The van der Waals surface area contributed by atoms with Crippen LogP contribution in [0, 0.1) is 6.92 Å². The topological polar surface area (TPSA) is 70.0 Å². The molecule has 0 spiro atoms. The Morgan fingerprint density at radius 3 is 2.39 bits per heavy atom. The molecular formula is C21H16ClN3O3. The van der Waals surface area contributed by atoms with Gasteiger partial charge in [-0.05, 0) is 43.3 Å². The number of nitrogens with zero attached hydrogens (tertiary/aromatic N) is 3. The summed E-state index contributed by atoms with van der Waals surface area (Å²) in [6.45, 7) is 1.94. The summed E-state index contributed by atoms with van der Waals surface area (Å²) in [6.07, 6.45) is 3.12. The van der Waals surface area contributed by atoms with Gasteiger partial charge in [-0.2, -0.15) is 0 Å². The molecule has 0 amide bonds. The standard InChI is InChI=1S/C21H16ClN3O3/c1-14-18(23-19(28-14)15-5-3-2-4-6-15)13-24-11-12-25(21(27)20(24)26)17-9-7-16(22)8-10-17/h2-12H,13H2,1H3. The zero-order valence-corrected chi connectivity index (χ0v) is 15.8. The normalized spacial score (nSPS) is 10.9. The van der Waals surface area contributed by atoms with Gasteiger partial charge < -0.3 is 8.98 Å². The number of halogens is 1. The van der Waals surface area contributed by atoms with Crippen molar-refractivity contribution in [1.29, 1.82) is 0 Å². The van der Waals surface area contributed by atoms with E-state index in [0.717, 1.165) is 5.56 Å². The average Bonchev–Trinajstić information content (AvgIpc) is 3.08. The Morgan fingerprint density at radius 1 is 0.964 bits per heavy atom. The minimum atomic E-state index is -0.644. The Morgan fingerprint density at radius 2 is 1.68 bits per heavy atom. The van der Waals surface area contributed by atoms with E-state index in [0.29, 0.717) is 28.1 Å². The first kappa shape index (κ1) is 18.0. The van der Waals surface area contributed by atoms with Gasteiger partial charge in [0.1, 0.15) is 11.5 Å². The second-order valence-electron chi connectivity index (χ2n) is 6.27. The number of oxazole rings is 1. The van der Waals surface area contributed by atoms with Crippen LogP contribution in [0.15, 0.2) is 81.0 Å². The Balaban J connectivity index is 1.67. The van der Waals surface area contributed by atoms with Crippen LogP contribution in [0.5, 0.6) is 0 Å². The van der Waals surface area contributed by atoms with Gasteiger partial charge in [-0.3, -0.25) is 14.2 Å². The largest absolute Gasteiger partial charge is 0.441 e. The highest BCUT2D eigenvalue weighted by molar-refractivity contribution is 6.30. The molecule has 6 nitrogen and oxygen atoms in total. The zero-order chi connectivity index (χ0) is 19.7. The van der Waals surface area contributed by atoms with Crippen molar-refractivity contribution >= 4 is 11.6 Å². The van der Waals surface area contributed by atoms with E-state index in [4.69, 9.17) is 16.0 Å². The Hall–Kier alpha value is -3.38. The molecule has 0 radical (unpaired) electrons. The fourth-order valence-corrected chi connectivity index (χ4v) is 3.00. The van der Waals surface area contributed by atoms with Crippen molar-refractivity contribution in [2.45, 2.75) is 13.5 Å². The van der Waals surface area contributed by atoms with E-state index in [-0.39, 0.29) is 6.54 Å². The predicted molar refractivity (Wildman–Crippen MR) is 107 cm³/mol. The summed E-state index contributed by atoms with van der Waals surface area (Å²) in [5.74, 6) is 1.09. The number of rotatable bonds is 4. The molecule has 0 saturated heterocycles. The molecule has 7 heteroatoms. The minimum absolute atomic E-state index is 0.150. The highest BCUT2D eigenvalue weighted by atomic mass is 35.5. The summed E-state index contributed by atoms with van der Waals surface area (Å²) in [6, 6.07) is 16.2. The van der Waals surface area contributed by atoms with Gasteiger partial charge in [0, 0.05) is 28.7 Å². The molecular weight excluding hydrogens is 378 g/mol. The molecule has 140 valence electrons. The van der Waals surface area contributed by atoms with E-state index in [1.807, 2.05) is 30.3 Å². The summed E-state index contributed by atoms with van der Waals surface area (Å²) in [5, 5.41) is 0.556. The third-order valence-electron chi connectivity index (χ3n) is 4.40. The number of benzene rings is 2. The smallest absolute Gasteiger partial charge is 0.320 e. The van der Waals surface area contributed by atoms with Crippen LogP contribution in [-0.4, -0.2) is 14.1 Å². The van der Waals surface area contributed by atoms with Crippen molar-refractivity contribution in [1.82, 2.24) is 14.1 Å². The molecule has 0 N–H and O–H groups in total. The highest BCUT2D eigenvalue weighted by Gasteiger charge is 2.14. The molecule has 0 unspecified atom stereocenters. The lowest BCUT2D eigenvalue weighted by Gasteiger charge is -2.08. The van der Waals surface area contributed by atoms with Crippen molar-refractivity contribution in [2.75, 3.05) is 0 Å². The van der Waals surface area contributed by atoms with E-state index < -0.39 is 11.1 Å². The van der Waals surface area contributed by atoms with Crippen LogP contribution in [0.1, 0.15) is 11.5 Å². The summed E-state index contributed by atoms with van der Waals surface area (Å²) < 4.78 is 8.34. The fourth-order valence-electron chi connectivity index (χ4n) is 2.88.